The van der Waals surface area contributed by atoms with Crippen LogP contribution in [-0.4, -0.2) is 12.9 Å². The predicted octanol–water partition coefficient (Wildman–Crippen LogP) is 6.89. The molecule has 0 N–H and O–H groups in total. The van der Waals surface area contributed by atoms with E-state index in [1.165, 1.54) is 22.3 Å². The van der Waals surface area contributed by atoms with Gasteiger partial charge in [-0.1, -0.05) is 80.6 Å². The van der Waals surface area contributed by atoms with Crippen LogP contribution < -0.4 is 4.74 Å². The molecule has 0 saturated heterocycles. The Labute approximate surface area is 180 Å². The van der Waals surface area contributed by atoms with E-state index in [0.717, 1.165) is 31.4 Å². The van der Waals surface area contributed by atoms with Gasteiger partial charge in [0.1, 0.15) is 5.75 Å². The highest BCUT2D eigenvalue weighted by Crippen LogP contribution is 2.37. The lowest BCUT2D eigenvalue weighted by Crippen LogP contribution is -2.28. The van der Waals surface area contributed by atoms with E-state index in [1.807, 2.05) is 0 Å². The Balaban J connectivity index is 1.48. The zero-order valence-electron chi connectivity index (χ0n) is 18.1. The topological polar surface area (TPSA) is 18.5 Å². The van der Waals surface area contributed by atoms with Crippen molar-refractivity contribution in [1.82, 2.24) is 0 Å². The van der Waals surface area contributed by atoms with Crippen LogP contribution in [0.1, 0.15) is 60.8 Å². The maximum absolute atomic E-state index is 6.44. The molecule has 2 heteroatoms. The van der Waals surface area contributed by atoms with Gasteiger partial charge < -0.3 is 9.47 Å². The zero-order valence-corrected chi connectivity index (χ0v) is 18.1. The second-order valence-corrected chi connectivity index (χ2v) is 8.31. The summed E-state index contributed by atoms with van der Waals surface area (Å²) in [5, 5.41) is 0. The van der Waals surface area contributed by atoms with Gasteiger partial charge in [-0.3, -0.25) is 0 Å². The fraction of sp³-hybridized carbons (Fsp3) is 0.357. The molecule has 4 rings (SSSR count). The van der Waals surface area contributed by atoms with Crippen molar-refractivity contribution in [1.29, 1.82) is 0 Å². The van der Waals surface area contributed by atoms with Gasteiger partial charge in [-0.2, -0.15) is 0 Å². The smallest absolute Gasteiger partial charge is 0.206 e. The zero-order chi connectivity index (χ0) is 20.8. The summed E-state index contributed by atoms with van der Waals surface area (Å²) in [5.74, 6) is 1.72. The Morgan fingerprint density at radius 1 is 0.900 bits per heavy atom. The van der Waals surface area contributed by atoms with Crippen LogP contribution in [-0.2, 0) is 17.6 Å². The molecule has 2 nitrogen and oxygen atoms in total. The number of hydrogen-bond donors (Lipinski definition) is 0. The van der Waals surface area contributed by atoms with Gasteiger partial charge in [-0.25, -0.2) is 0 Å². The van der Waals surface area contributed by atoms with Crippen molar-refractivity contribution in [2.75, 3.05) is 6.61 Å². The molecule has 30 heavy (non-hydrogen) atoms. The van der Waals surface area contributed by atoms with E-state index in [4.69, 9.17) is 9.47 Å². The molecule has 1 aliphatic carbocycles. The molecule has 3 aromatic carbocycles. The van der Waals surface area contributed by atoms with Crippen molar-refractivity contribution >= 4 is 0 Å². The van der Waals surface area contributed by atoms with Gasteiger partial charge >= 0.3 is 0 Å². The standard InChI is InChI=1S/C28H32O2/c1-3-21(2)23-13-16-25(17-14-23)30-28(29-20-19-22-9-5-4-6-10-22)27-18-15-24-11-7-8-12-26(24)27/h4-14,16-17,21,27-28H,3,15,18-20H2,1-2H3. The van der Waals surface area contributed by atoms with Crippen molar-refractivity contribution in [3.05, 3.63) is 101 Å². The minimum atomic E-state index is -0.271. The molecule has 0 aliphatic heterocycles. The van der Waals surface area contributed by atoms with E-state index in [9.17, 15) is 0 Å². The lowest BCUT2D eigenvalue weighted by Gasteiger charge is -2.26. The first-order chi connectivity index (χ1) is 14.7. The van der Waals surface area contributed by atoms with Crippen LogP contribution in [0.4, 0.5) is 0 Å². The molecule has 0 fully saturated rings. The molecule has 3 unspecified atom stereocenters. The summed E-state index contributed by atoms with van der Waals surface area (Å²) >= 11 is 0. The highest BCUT2D eigenvalue weighted by atomic mass is 16.7. The Hall–Kier alpha value is -2.58. The molecular weight excluding hydrogens is 368 g/mol. The SMILES string of the molecule is CCC(C)c1ccc(OC(OCCc2ccccc2)C2CCc3ccccc32)cc1. The first-order valence-electron chi connectivity index (χ1n) is 11.2. The van der Waals surface area contributed by atoms with E-state index in [2.05, 4.69) is 92.7 Å². The van der Waals surface area contributed by atoms with Gasteiger partial charge in [0, 0.05) is 5.92 Å². The molecule has 1 aliphatic rings. The largest absolute Gasteiger partial charge is 0.464 e. The highest BCUT2D eigenvalue weighted by Gasteiger charge is 2.32. The van der Waals surface area contributed by atoms with Crippen molar-refractivity contribution in [3.8, 4) is 5.75 Å². The summed E-state index contributed by atoms with van der Waals surface area (Å²) in [7, 11) is 0. The van der Waals surface area contributed by atoms with Gasteiger partial charge in [0.2, 0.25) is 6.29 Å². The van der Waals surface area contributed by atoms with Gasteiger partial charge in [0.15, 0.2) is 0 Å². The Morgan fingerprint density at radius 2 is 1.63 bits per heavy atom. The second kappa shape index (κ2) is 9.95. The van der Waals surface area contributed by atoms with Gasteiger partial charge in [-0.15, -0.1) is 0 Å². The number of aryl methyl sites for hydroxylation is 1. The molecule has 0 radical (unpaired) electrons. The van der Waals surface area contributed by atoms with E-state index < -0.39 is 0 Å². The molecule has 0 spiro atoms. The first-order valence-corrected chi connectivity index (χ1v) is 11.2. The summed E-state index contributed by atoms with van der Waals surface area (Å²) in [6, 6.07) is 27.8. The van der Waals surface area contributed by atoms with E-state index in [-0.39, 0.29) is 12.2 Å². The average Bonchev–Trinajstić information content (AvgIpc) is 3.23. The van der Waals surface area contributed by atoms with Crippen LogP contribution in [0.3, 0.4) is 0 Å². The van der Waals surface area contributed by atoms with Crippen molar-refractivity contribution < 1.29 is 9.47 Å². The summed E-state index contributed by atoms with van der Waals surface area (Å²) in [5.41, 5.74) is 5.45. The number of benzene rings is 3. The molecular formula is C28H32O2. The van der Waals surface area contributed by atoms with Crippen LogP contribution in [0.25, 0.3) is 0 Å². The highest BCUT2D eigenvalue weighted by molar-refractivity contribution is 5.36. The normalized spacial score (nSPS) is 17.3. The van der Waals surface area contributed by atoms with Gasteiger partial charge in [-0.05, 0) is 66.0 Å². The maximum atomic E-state index is 6.44. The molecule has 156 valence electrons. The summed E-state index contributed by atoms with van der Waals surface area (Å²) in [4.78, 5) is 0. The van der Waals surface area contributed by atoms with Crippen molar-refractivity contribution in [2.24, 2.45) is 0 Å². The van der Waals surface area contributed by atoms with Gasteiger partial charge in [0.25, 0.3) is 0 Å². The summed E-state index contributed by atoms with van der Waals surface area (Å²) < 4.78 is 12.8. The molecule has 0 aromatic heterocycles. The Morgan fingerprint density at radius 3 is 2.40 bits per heavy atom. The lowest BCUT2D eigenvalue weighted by atomic mass is 9.98. The molecule has 3 atom stereocenters. The monoisotopic (exact) mass is 400 g/mol. The molecule has 0 bridgehead atoms. The van der Waals surface area contributed by atoms with Crippen LogP contribution >= 0.6 is 0 Å². The van der Waals surface area contributed by atoms with Crippen molar-refractivity contribution in [3.63, 3.8) is 0 Å². The fourth-order valence-corrected chi connectivity index (χ4v) is 4.29. The first kappa shape index (κ1) is 20.7. The van der Waals surface area contributed by atoms with Crippen LogP contribution in [0.2, 0.25) is 0 Å². The van der Waals surface area contributed by atoms with Crippen LogP contribution in [0.5, 0.6) is 5.75 Å². The Bertz CT molecular complexity index is 917. The fourth-order valence-electron chi connectivity index (χ4n) is 4.29. The minimum Gasteiger partial charge on any atom is -0.464 e. The molecule has 0 saturated carbocycles. The number of rotatable bonds is 9. The number of hydrogen-bond acceptors (Lipinski definition) is 2. The number of fused-ring (bicyclic) bond motifs is 1. The van der Waals surface area contributed by atoms with Gasteiger partial charge in [0.05, 0.1) is 6.61 Å². The second-order valence-electron chi connectivity index (χ2n) is 8.31. The maximum Gasteiger partial charge on any atom is 0.206 e. The van der Waals surface area contributed by atoms with E-state index >= 15 is 0 Å². The quantitative estimate of drug-likeness (QED) is 0.364. The lowest BCUT2D eigenvalue weighted by molar-refractivity contribution is -0.0953. The van der Waals surface area contributed by atoms with E-state index in [1.54, 1.807) is 0 Å². The van der Waals surface area contributed by atoms with Crippen molar-refractivity contribution in [2.45, 2.75) is 57.7 Å². The molecule has 3 aromatic rings. The van der Waals surface area contributed by atoms with E-state index in [0.29, 0.717) is 12.5 Å². The molecule has 0 heterocycles. The number of ether oxygens (including phenoxy) is 2. The summed E-state index contributed by atoms with van der Waals surface area (Å²) in [6.07, 6.45) is 3.93. The Kier molecular flexibility index (Phi) is 6.86. The predicted molar refractivity (Wildman–Crippen MR) is 123 cm³/mol. The summed E-state index contributed by atoms with van der Waals surface area (Å²) in [6.45, 7) is 5.14. The van der Waals surface area contributed by atoms with Crippen LogP contribution in [0, 0.1) is 0 Å². The third kappa shape index (κ3) is 4.94. The third-order valence-electron chi connectivity index (χ3n) is 6.34. The third-order valence-corrected chi connectivity index (χ3v) is 6.34. The minimum absolute atomic E-state index is 0.270. The average molecular weight is 401 g/mol. The molecule has 0 amide bonds. The van der Waals surface area contributed by atoms with Crippen LogP contribution in [0.15, 0.2) is 78.9 Å².